The predicted molar refractivity (Wildman–Crippen MR) is 29.1 cm³/mol. The van der Waals surface area contributed by atoms with Crippen molar-refractivity contribution in [2.45, 2.75) is 0 Å². The Morgan fingerprint density at radius 1 is 0.500 bits per heavy atom. The normalized spacial score (nSPS) is 7.50. The first-order chi connectivity index (χ1) is 5.20. The van der Waals surface area contributed by atoms with Crippen LogP contribution in [0.2, 0.25) is 0 Å². The molecule has 0 unspecified atom stereocenters. The molecule has 14 heavy (non-hydrogen) atoms. The smallest absolute Gasteiger partial charge is 0.784 e. The Balaban J connectivity index is -0.0000000270. The first-order valence-corrected chi connectivity index (χ1v) is 4.50. The fourth-order valence-electron chi connectivity index (χ4n) is 0. The summed E-state index contributed by atoms with van der Waals surface area (Å²) in [6.07, 6.45) is 0. The summed E-state index contributed by atoms with van der Waals surface area (Å²) in [6, 6.07) is 0. The Morgan fingerprint density at radius 2 is 0.500 bits per heavy atom. The predicted octanol–water partition coefficient (Wildman–Crippen LogP) is -3.01. The Kier molecular flexibility index (Phi) is 53.7. The average Bonchev–Trinajstić information content (AvgIpc) is 1.54. The van der Waals surface area contributed by atoms with Crippen molar-refractivity contribution in [2.24, 2.45) is 0 Å². The summed E-state index contributed by atoms with van der Waals surface area (Å²) in [6.45, 7) is 0. The molecule has 0 heterocycles. The van der Waals surface area contributed by atoms with Gasteiger partial charge >= 0.3 is 80.8 Å². The zero-order valence-electron chi connectivity index (χ0n) is 5.79. The fourth-order valence-corrected chi connectivity index (χ4v) is 0. The quantitative estimate of drug-likeness (QED) is 0.294. The van der Waals surface area contributed by atoms with Crippen LogP contribution in [-0.2, 0) is 34.1 Å². The molecule has 0 aromatic heterocycles. The summed E-state index contributed by atoms with van der Waals surface area (Å²) < 4.78 is 76.0. The zero-order chi connectivity index (χ0) is 10.7. The van der Waals surface area contributed by atoms with E-state index in [9.17, 15) is 0 Å². The summed E-state index contributed by atoms with van der Waals surface area (Å²) in [4.78, 5) is 0. The van der Waals surface area contributed by atoms with Crippen molar-refractivity contribution < 1.29 is 121 Å². The van der Waals surface area contributed by atoms with E-state index in [-0.39, 0.29) is 80.8 Å². The van der Waals surface area contributed by atoms with Gasteiger partial charge in [0.05, 0.1) is 0 Å². The summed E-state index contributed by atoms with van der Waals surface area (Å²) >= 11 is -9.33. The minimum absolute atomic E-state index is 0. The number of rotatable bonds is 0. The van der Waals surface area contributed by atoms with E-state index in [1.54, 1.807) is 0 Å². The van der Waals surface area contributed by atoms with Crippen molar-refractivity contribution in [3.05, 3.63) is 0 Å². The molecule has 82 valence electrons. The van der Waals surface area contributed by atoms with Gasteiger partial charge in [-0.15, -0.1) is 34.1 Å². The maximum atomic E-state index is 8.44. The maximum Gasteiger partial charge on any atom is 3.00 e. The van der Waals surface area contributed by atoms with Crippen LogP contribution in [0.1, 0.15) is 0 Å². The van der Waals surface area contributed by atoms with Gasteiger partial charge in [0.1, 0.15) is 0 Å². The van der Waals surface area contributed by atoms with E-state index in [2.05, 4.69) is 0 Å². The van der Waals surface area contributed by atoms with Crippen molar-refractivity contribution in [2.75, 3.05) is 0 Å². The van der Waals surface area contributed by atoms with Gasteiger partial charge in [-0.25, -0.2) is 0 Å². The van der Waals surface area contributed by atoms with Crippen LogP contribution in [-0.4, -0.2) is 39.9 Å². The van der Waals surface area contributed by atoms with Crippen LogP contribution in [0.5, 0.6) is 0 Å². The minimum atomic E-state index is -3.11. The van der Waals surface area contributed by atoms with Crippen LogP contribution >= 0.6 is 0 Å². The second-order valence-corrected chi connectivity index (χ2v) is 1.84. The van der Waals surface area contributed by atoms with E-state index in [4.69, 9.17) is 39.9 Å². The molecule has 0 saturated heterocycles. The van der Waals surface area contributed by atoms with Crippen LogP contribution in [0, 0.1) is 80.8 Å². The maximum absolute atomic E-state index is 8.44. The Labute approximate surface area is 152 Å². The second kappa shape index (κ2) is 24.9. The molecule has 0 fully saturated rings. The van der Waals surface area contributed by atoms with Crippen molar-refractivity contribution in [3.8, 4) is 0 Å². The molecule has 0 amide bonds. The molecule has 0 saturated carbocycles. The molecule has 0 aromatic carbocycles. The van der Waals surface area contributed by atoms with Crippen LogP contribution in [0.15, 0.2) is 0 Å². The molecule has 0 spiro atoms. The third-order valence-electron chi connectivity index (χ3n) is 0. The summed E-state index contributed by atoms with van der Waals surface area (Å²) in [5, 5.41) is 0. The summed E-state index contributed by atoms with van der Waals surface area (Å²) in [5.74, 6) is 0. The number of hydrogen-bond acceptors (Lipinski definition) is 9. The van der Waals surface area contributed by atoms with Gasteiger partial charge in [0.15, 0.2) is 0 Å². The third kappa shape index (κ3) is 345. The standard InChI is InChI=1S/3H2O3S.2Pm/c3*1-4(2)3;;/h3*(H2,1,2,3);;/q;;;2*+3/p-6. The molecule has 0 aliphatic rings. The minimum Gasteiger partial charge on any atom is -0.784 e. The van der Waals surface area contributed by atoms with E-state index in [1.807, 2.05) is 0 Å². The third-order valence-corrected chi connectivity index (χ3v) is 0. The second-order valence-electron chi connectivity index (χ2n) is 0.612. The molecule has 0 aliphatic heterocycles. The molecular weight excluding hydrogens is 530 g/mol. The molecule has 0 aliphatic carbocycles. The van der Waals surface area contributed by atoms with Crippen molar-refractivity contribution in [3.63, 3.8) is 0 Å². The van der Waals surface area contributed by atoms with E-state index >= 15 is 0 Å². The van der Waals surface area contributed by atoms with E-state index in [0.29, 0.717) is 0 Å². The summed E-state index contributed by atoms with van der Waals surface area (Å²) in [5.41, 5.74) is 0. The Bertz CT molecular complexity index is 116. The number of hydrogen-bond donors (Lipinski definition) is 0. The molecule has 0 atom stereocenters. The van der Waals surface area contributed by atoms with Gasteiger partial charge in [-0.2, -0.15) is 0 Å². The molecular formula is O9Pm2S3. The van der Waals surface area contributed by atoms with Gasteiger partial charge in [-0.1, -0.05) is 0 Å². The van der Waals surface area contributed by atoms with Crippen LogP contribution in [0.25, 0.3) is 0 Å². The van der Waals surface area contributed by atoms with Gasteiger partial charge in [0, 0.05) is 0 Å². The summed E-state index contributed by atoms with van der Waals surface area (Å²) in [7, 11) is 0. The molecule has 0 aromatic rings. The van der Waals surface area contributed by atoms with Crippen LogP contribution in [0.3, 0.4) is 0 Å². The van der Waals surface area contributed by atoms with E-state index in [0.717, 1.165) is 0 Å². The van der Waals surface area contributed by atoms with Gasteiger partial charge in [-0.05, 0) is 0 Å². The molecule has 14 heteroatoms. The Hall–Kier alpha value is 2.89. The van der Waals surface area contributed by atoms with Gasteiger partial charge in [-0.3, -0.25) is 12.6 Å². The molecule has 0 rings (SSSR count). The average molecular weight is 530 g/mol. The zero-order valence-corrected chi connectivity index (χ0v) is 14.0. The molecule has 0 bridgehead atoms. The molecule has 0 N–H and O–H groups in total. The SMILES string of the molecule is O=S([O-])[O-].O=S([O-])[O-].O=S([O-])[O-].[Pm+3].[Pm+3]. The van der Waals surface area contributed by atoms with Crippen molar-refractivity contribution >= 4 is 34.1 Å². The fraction of sp³-hybridized carbons (Fsp3) is 0. The first kappa shape index (κ1) is 30.2. The van der Waals surface area contributed by atoms with Gasteiger partial charge < -0.3 is 27.3 Å². The van der Waals surface area contributed by atoms with Gasteiger partial charge in [0.2, 0.25) is 0 Å². The van der Waals surface area contributed by atoms with Gasteiger partial charge in [0.25, 0.3) is 0 Å². The van der Waals surface area contributed by atoms with Crippen molar-refractivity contribution in [1.82, 2.24) is 0 Å². The topological polar surface area (TPSA) is 190 Å². The largest absolute Gasteiger partial charge is 3.00 e. The first-order valence-electron chi connectivity index (χ1n) is 1.50. The molecule has 0 radical (unpaired) electrons. The Morgan fingerprint density at radius 3 is 0.500 bits per heavy atom. The van der Waals surface area contributed by atoms with E-state index in [1.165, 1.54) is 0 Å². The van der Waals surface area contributed by atoms with Crippen molar-refractivity contribution in [1.29, 1.82) is 0 Å². The monoisotopic (exact) mass is 530 g/mol. The van der Waals surface area contributed by atoms with E-state index < -0.39 is 34.1 Å². The van der Waals surface area contributed by atoms with Crippen LogP contribution < -0.4 is 0 Å². The van der Waals surface area contributed by atoms with Crippen LogP contribution in [0.4, 0.5) is 0 Å². The molecule has 9 nitrogen and oxygen atoms in total.